The van der Waals surface area contributed by atoms with Gasteiger partial charge >= 0.3 is 6.03 Å². The van der Waals surface area contributed by atoms with Gasteiger partial charge in [0.2, 0.25) is 0 Å². The number of carbonyl (C=O) groups excluding carboxylic acids is 1. The summed E-state index contributed by atoms with van der Waals surface area (Å²) in [6, 6.07) is 11.7. The highest BCUT2D eigenvalue weighted by atomic mass is 16.5. The standard InChI is InChI=1S/C25H28N4O3/c1-19-17-29(25(30)28-23-7-3-10-26-16-23)11-9-22(19)13-20-5-2-8-24(14-20)31-12-4-6-21-15-27-32-18-21/h2-3,5,7-8,10,13-16,18-19H,4,6,9,11-12,17H2,1H3,(H,28,30)/b22-13+. The van der Waals surface area contributed by atoms with Gasteiger partial charge in [0.05, 0.1) is 24.7 Å². The van der Waals surface area contributed by atoms with Crippen LogP contribution >= 0.6 is 0 Å². The van der Waals surface area contributed by atoms with E-state index < -0.39 is 0 Å². The number of piperidine rings is 1. The quantitative estimate of drug-likeness (QED) is 0.529. The Bertz CT molecular complexity index is 1030. The summed E-state index contributed by atoms with van der Waals surface area (Å²) >= 11 is 0. The first-order valence-corrected chi connectivity index (χ1v) is 10.9. The van der Waals surface area contributed by atoms with E-state index >= 15 is 0 Å². The van der Waals surface area contributed by atoms with E-state index in [1.807, 2.05) is 29.2 Å². The number of anilines is 1. The number of aryl methyl sites for hydroxylation is 1. The van der Waals surface area contributed by atoms with Crippen LogP contribution in [0.15, 0.2) is 71.3 Å². The first-order chi connectivity index (χ1) is 15.7. The number of rotatable bonds is 7. The summed E-state index contributed by atoms with van der Waals surface area (Å²) in [7, 11) is 0. The third kappa shape index (κ3) is 5.97. The summed E-state index contributed by atoms with van der Waals surface area (Å²) in [5.41, 5.74) is 4.27. The van der Waals surface area contributed by atoms with Crippen molar-refractivity contribution in [2.24, 2.45) is 5.92 Å². The highest BCUT2D eigenvalue weighted by molar-refractivity contribution is 5.89. The van der Waals surface area contributed by atoms with Gasteiger partial charge in [-0.05, 0) is 55.0 Å². The summed E-state index contributed by atoms with van der Waals surface area (Å²) in [4.78, 5) is 18.5. The Labute approximate surface area is 188 Å². The Hall–Kier alpha value is -3.61. The van der Waals surface area contributed by atoms with Crippen molar-refractivity contribution in [2.45, 2.75) is 26.2 Å². The SMILES string of the molecule is CC1CN(C(=O)Nc2cccnc2)CC/C1=C\c1cccc(OCCCc2cnoc2)c1. The molecule has 0 spiro atoms. The molecule has 166 valence electrons. The normalized spacial score (nSPS) is 17.3. The minimum Gasteiger partial charge on any atom is -0.494 e. The first kappa shape index (κ1) is 21.6. The number of benzene rings is 1. The van der Waals surface area contributed by atoms with E-state index in [4.69, 9.17) is 9.26 Å². The largest absolute Gasteiger partial charge is 0.494 e. The molecule has 1 N–H and O–H groups in total. The molecular formula is C25H28N4O3. The fourth-order valence-corrected chi connectivity index (χ4v) is 3.81. The monoisotopic (exact) mass is 432 g/mol. The molecule has 1 unspecified atom stereocenters. The number of nitrogens with zero attached hydrogens (tertiary/aromatic N) is 3. The van der Waals surface area contributed by atoms with E-state index in [9.17, 15) is 4.79 Å². The number of hydrogen-bond acceptors (Lipinski definition) is 5. The molecule has 32 heavy (non-hydrogen) atoms. The number of aromatic nitrogens is 2. The molecule has 1 atom stereocenters. The third-order valence-electron chi connectivity index (χ3n) is 5.57. The van der Waals surface area contributed by atoms with E-state index in [0.717, 1.165) is 36.1 Å². The molecule has 4 rings (SSSR count). The molecule has 0 radical (unpaired) electrons. The molecule has 1 aliphatic heterocycles. The molecule has 1 aromatic carbocycles. The van der Waals surface area contributed by atoms with Gasteiger partial charge in [0.15, 0.2) is 0 Å². The van der Waals surface area contributed by atoms with Gasteiger partial charge in [-0.2, -0.15) is 0 Å². The number of amides is 2. The number of likely N-dealkylation sites (tertiary alicyclic amines) is 1. The van der Waals surface area contributed by atoms with Gasteiger partial charge in [0, 0.05) is 24.8 Å². The maximum Gasteiger partial charge on any atom is 0.321 e. The fourth-order valence-electron chi connectivity index (χ4n) is 3.81. The van der Waals surface area contributed by atoms with Crippen LogP contribution in [0.1, 0.15) is 30.9 Å². The zero-order chi connectivity index (χ0) is 22.2. The van der Waals surface area contributed by atoms with Gasteiger partial charge in [0.1, 0.15) is 12.0 Å². The van der Waals surface area contributed by atoms with E-state index in [2.05, 4.69) is 40.6 Å². The van der Waals surface area contributed by atoms with Crippen molar-refractivity contribution in [2.75, 3.05) is 25.0 Å². The van der Waals surface area contributed by atoms with Crippen molar-refractivity contribution in [3.63, 3.8) is 0 Å². The van der Waals surface area contributed by atoms with Gasteiger partial charge in [-0.15, -0.1) is 0 Å². The van der Waals surface area contributed by atoms with Crippen molar-refractivity contribution in [3.05, 3.63) is 78.0 Å². The van der Waals surface area contributed by atoms with Crippen molar-refractivity contribution in [1.29, 1.82) is 0 Å². The van der Waals surface area contributed by atoms with Gasteiger partial charge in [0.25, 0.3) is 0 Å². The van der Waals surface area contributed by atoms with Crippen LogP contribution in [0.5, 0.6) is 5.75 Å². The Morgan fingerprint density at radius 3 is 3.03 bits per heavy atom. The van der Waals surface area contributed by atoms with Crippen LogP contribution in [0, 0.1) is 5.92 Å². The van der Waals surface area contributed by atoms with E-state index in [1.165, 1.54) is 5.57 Å². The molecule has 3 heterocycles. The lowest BCUT2D eigenvalue weighted by molar-refractivity contribution is 0.198. The predicted molar refractivity (Wildman–Crippen MR) is 123 cm³/mol. The minimum absolute atomic E-state index is 0.0782. The molecule has 0 saturated carbocycles. The van der Waals surface area contributed by atoms with Crippen LogP contribution < -0.4 is 10.1 Å². The fraction of sp³-hybridized carbons (Fsp3) is 0.320. The Morgan fingerprint density at radius 2 is 2.25 bits per heavy atom. The molecule has 2 amide bonds. The summed E-state index contributed by atoms with van der Waals surface area (Å²) in [5, 5.41) is 6.63. The van der Waals surface area contributed by atoms with E-state index in [-0.39, 0.29) is 11.9 Å². The Balaban J connectivity index is 1.29. The van der Waals surface area contributed by atoms with Crippen LogP contribution in [0.3, 0.4) is 0 Å². The molecule has 1 saturated heterocycles. The van der Waals surface area contributed by atoms with Crippen molar-refractivity contribution < 1.29 is 14.1 Å². The molecule has 7 nitrogen and oxygen atoms in total. The van der Waals surface area contributed by atoms with Gasteiger partial charge in [-0.25, -0.2) is 4.79 Å². The van der Waals surface area contributed by atoms with Crippen molar-refractivity contribution >= 4 is 17.8 Å². The molecule has 0 aliphatic carbocycles. The minimum atomic E-state index is -0.0782. The van der Waals surface area contributed by atoms with Crippen molar-refractivity contribution in [1.82, 2.24) is 15.0 Å². The molecule has 2 aromatic heterocycles. The second kappa shape index (κ2) is 10.6. The summed E-state index contributed by atoms with van der Waals surface area (Å²) in [6.07, 6.45) is 11.6. The van der Waals surface area contributed by atoms with Crippen molar-refractivity contribution in [3.8, 4) is 5.75 Å². The number of nitrogens with one attached hydrogen (secondary N) is 1. The van der Waals surface area contributed by atoms with Crippen LogP contribution in [-0.4, -0.2) is 40.8 Å². The maximum atomic E-state index is 12.6. The average molecular weight is 433 g/mol. The van der Waals surface area contributed by atoms with Gasteiger partial charge in [-0.1, -0.05) is 35.9 Å². The Kier molecular flexibility index (Phi) is 7.17. The lowest BCUT2D eigenvalue weighted by Crippen LogP contribution is -2.42. The average Bonchev–Trinajstić information content (AvgIpc) is 3.33. The number of ether oxygens (including phenoxy) is 1. The lowest BCUT2D eigenvalue weighted by Gasteiger charge is -2.33. The number of hydrogen-bond donors (Lipinski definition) is 1. The summed E-state index contributed by atoms with van der Waals surface area (Å²) in [6.45, 7) is 4.20. The van der Waals surface area contributed by atoms with Gasteiger partial charge < -0.3 is 19.5 Å². The van der Waals surface area contributed by atoms with E-state index in [0.29, 0.717) is 25.4 Å². The first-order valence-electron chi connectivity index (χ1n) is 10.9. The summed E-state index contributed by atoms with van der Waals surface area (Å²) < 4.78 is 10.8. The number of carbonyl (C=O) groups is 1. The molecule has 7 heteroatoms. The zero-order valence-corrected chi connectivity index (χ0v) is 18.2. The topological polar surface area (TPSA) is 80.5 Å². The van der Waals surface area contributed by atoms with Crippen LogP contribution in [0.2, 0.25) is 0 Å². The highest BCUT2D eigenvalue weighted by Gasteiger charge is 2.24. The molecule has 1 fully saturated rings. The molecule has 1 aliphatic rings. The molecule has 0 bridgehead atoms. The van der Waals surface area contributed by atoms with E-state index in [1.54, 1.807) is 24.9 Å². The smallest absolute Gasteiger partial charge is 0.321 e. The number of urea groups is 1. The number of pyridine rings is 1. The molecular weight excluding hydrogens is 404 g/mol. The second-order valence-corrected chi connectivity index (χ2v) is 8.05. The predicted octanol–water partition coefficient (Wildman–Crippen LogP) is 5.04. The third-order valence-corrected chi connectivity index (χ3v) is 5.57. The van der Waals surface area contributed by atoms with Crippen LogP contribution in [0.25, 0.3) is 6.08 Å². The van der Waals surface area contributed by atoms with Crippen LogP contribution in [-0.2, 0) is 6.42 Å². The Morgan fingerprint density at radius 1 is 1.31 bits per heavy atom. The summed E-state index contributed by atoms with van der Waals surface area (Å²) in [5.74, 6) is 1.15. The highest BCUT2D eigenvalue weighted by Crippen LogP contribution is 2.26. The lowest BCUT2D eigenvalue weighted by atomic mass is 9.91. The zero-order valence-electron chi connectivity index (χ0n) is 18.2. The van der Waals surface area contributed by atoms with Gasteiger partial charge in [-0.3, -0.25) is 4.98 Å². The second-order valence-electron chi connectivity index (χ2n) is 8.05. The molecule has 3 aromatic rings. The van der Waals surface area contributed by atoms with Crippen LogP contribution in [0.4, 0.5) is 10.5 Å². The maximum absolute atomic E-state index is 12.6.